The van der Waals surface area contributed by atoms with Crippen molar-refractivity contribution in [1.82, 2.24) is 0 Å². The molecule has 3 nitrogen and oxygen atoms in total. The Morgan fingerprint density at radius 1 is 1.36 bits per heavy atom. The first kappa shape index (κ1) is 8.23. The van der Waals surface area contributed by atoms with Gasteiger partial charge in [-0.15, -0.1) is 4.90 Å². The fourth-order valence-electron chi connectivity index (χ4n) is 0.749. The third-order valence-electron chi connectivity index (χ3n) is 1.37. The van der Waals surface area contributed by atoms with E-state index in [0.29, 0.717) is 11.4 Å². The van der Waals surface area contributed by atoms with Crippen LogP contribution < -0.4 is 5.73 Å². The van der Waals surface area contributed by atoms with Gasteiger partial charge in [0.1, 0.15) is 0 Å². The van der Waals surface area contributed by atoms with E-state index in [1.54, 1.807) is 24.3 Å². The second kappa shape index (κ2) is 3.50. The molecule has 0 aromatic heterocycles. The van der Waals surface area contributed by atoms with Gasteiger partial charge < -0.3 is 14.7 Å². The zero-order valence-corrected chi connectivity index (χ0v) is 6.73. The molecule has 11 heavy (non-hydrogen) atoms. The highest BCUT2D eigenvalue weighted by atomic mass is 32.2. The van der Waals surface area contributed by atoms with Gasteiger partial charge in [0.2, 0.25) is 0 Å². The van der Waals surface area contributed by atoms with Gasteiger partial charge in [0.15, 0.2) is 0 Å². The Labute approximate surface area is 67.2 Å². The molecule has 0 unspecified atom stereocenters. The Balaban J connectivity index is 3.01. The molecule has 0 bridgehead atoms. The molecule has 4 heteroatoms. The Hall–Kier alpha value is -0.870. The lowest BCUT2D eigenvalue weighted by Crippen LogP contribution is -1.95. The molecule has 0 aliphatic heterocycles. The van der Waals surface area contributed by atoms with Gasteiger partial charge in [-0.3, -0.25) is 0 Å². The Morgan fingerprint density at radius 3 is 2.27 bits per heavy atom. The summed E-state index contributed by atoms with van der Waals surface area (Å²) in [5, 5.41) is 0. The van der Waals surface area contributed by atoms with E-state index in [1.807, 2.05) is 0 Å². The second-order valence-corrected chi connectivity index (χ2v) is 3.13. The summed E-state index contributed by atoms with van der Waals surface area (Å²) in [7, 11) is -1.63. The zero-order valence-electron chi connectivity index (χ0n) is 5.91. The summed E-state index contributed by atoms with van der Waals surface area (Å²) in [6, 6.07) is 6.88. The molecule has 0 radical (unpaired) electrons. The molecule has 1 aromatic rings. The topological polar surface area (TPSA) is 66.9 Å². The minimum atomic E-state index is -1.63. The highest BCUT2D eigenvalue weighted by Crippen LogP contribution is 2.04. The lowest BCUT2D eigenvalue weighted by Gasteiger charge is -2.01. The molecule has 0 saturated heterocycles. The predicted octanol–water partition coefficient (Wildman–Crippen LogP) is 1.23. The molecule has 0 spiro atoms. The van der Waals surface area contributed by atoms with Gasteiger partial charge in [-0.1, -0.05) is 24.3 Å². The first-order valence-corrected chi connectivity index (χ1v) is 4.31. The highest BCUT2D eigenvalue weighted by molar-refractivity contribution is 7.73. The highest BCUT2D eigenvalue weighted by Gasteiger charge is 1.85. The average molecular weight is 169 g/mol. The van der Waals surface area contributed by atoms with Crippen LogP contribution in [0.2, 0.25) is 0 Å². The molecule has 1 rings (SSSR count). The summed E-state index contributed by atoms with van der Waals surface area (Å²) in [6.07, 6.45) is 0. The summed E-state index contributed by atoms with van der Waals surface area (Å²) in [6.45, 7) is 0.477. The normalized spacial score (nSPS) is 10.4. The number of benzene rings is 1. The summed E-state index contributed by atoms with van der Waals surface area (Å²) >= 11 is 0. The van der Waals surface area contributed by atoms with Crippen molar-refractivity contribution >= 4 is 10.6 Å². The van der Waals surface area contributed by atoms with Gasteiger partial charge in [0.05, 0.1) is 0 Å². The van der Waals surface area contributed by atoms with E-state index in [2.05, 4.69) is 0 Å². The van der Waals surface area contributed by atoms with E-state index in [0.717, 1.165) is 5.56 Å². The zero-order chi connectivity index (χ0) is 8.27. The van der Waals surface area contributed by atoms with Crippen molar-refractivity contribution in [2.24, 2.45) is 5.73 Å². The molecule has 3 N–H and O–H groups in total. The van der Waals surface area contributed by atoms with Crippen molar-refractivity contribution in [1.29, 1.82) is 4.78 Å². The molecule has 0 fully saturated rings. The van der Waals surface area contributed by atoms with Crippen molar-refractivity contribution in [3.05, 3.63) is 29.8 Å². The van der Waals surface area contributed by atoms with Crippen LogP contribution in [-0.2, 0) is 21.3 Å². The number of nitrogens with one attached hydrogen (secondary N) is 1. The van der Waals surface area contributed by atoms with Crippen molar-refractivity contribution in [2.45, 2.75) is 11.4 Å². The monoisotopic (exact) mass is 169 g/mol. The minimum absolute atomic E-state index is 0.477. The largest absolute Gasteiger partial charge is 0.440 e. The Morgan fingerprint density at radius 2 is 1.91 bits per heavy atom. The molecule has 0 atom stereocenters. The SMILES string of the molecule is N=[S-](=O)c1ccc(CN)cc1. The van der Waals surface area contributed by atoms with Crippen molar-refractivity contribution < 1.29 is 4.21 Å². The van der Waals surface area contributed by atoms with Crippen molar-refractivity contribution in [3.8, 4) is 0 Å². The summed E-state index contributed by atoms with van der Waals surface area (Å²) in [5.74, 6) is 0. The fraction of sp³-hybridized carbons (Fsp3) is 0.143. The summed E-state index contributed by atoms with van der Waals surface area (Å²) in [4.78, 5) is 0.516. The van der Waals surface area contributed by atoms with Crippen LogP contribution in [-0.4, -0.2) is 0 Å². The Bertz CT molecular complexity index is 295. The van der Waals surface area contributed by atoms with Crippen LogP contribution in [0.25, 0.3) is 0 Å². The molecule has 0 amide bonds. The lowest BCUT2D eigenvalue weighted by molar-refractivity contribution is 0.599. The standard InChI is InChI=1S/C7H9N2OS/c8-5-6-1-3-7(4-2-6)11(9)10/h1-4,9H,5,8H2/q-1. The fourth-order valence-corrected chi connectivity index (χ4v) is 1.13. The molecule has 0 heterocycles. The lowest BCUT2D eigenvalue weighted by atomic mass is 10.2. The maximum atomic E-state index is 10.6. The number of nitrogens with two attached hydrogens (primary N) is 1. The number of rotatable bonds is 2. The van der Waals surface area contributed by atoms with E-state index in [1.165, 1.54) is 0 Å². The van der Waals surface area contributed by atoms with Crippen LogP contribution in [0.3, 0.4) is 0 Å². The minimum Gasteiger partial charge on any atom is -0.440 e. The first-order chi connectivity index (χ1) is 5.24. The summed E-state index contributed by atoms with van der Waals surface area (Å²) < 4.78 is 17.5. The van der Waals surface area contributed by atoms with E-state index in [-0.39, 0.29) is 0 Å². The van der Waals surface area contributed by atoms with Crippen LogP contribution in [0.4, 0.5) is 0 Å². The van der Waals surface area contributed by atoms with Crippen molar-refractivity contribution in [3.63, 3.8) is 0 Å². The molecule has 60 valence electrons. The van der Waals surface area contributed by atoms with Gasteiger partial charge in [-0.05, 0) is 5.56 Å². The molecule has 0 aliphatic carbocycles. The number of hydrogen-bond acceptors (Lipinski definition) is 4. The van der Waals surface area contributed by atoms with Gasteiger partial charge in [-0.2, -0.15) is 10.6 Å². The molecule has 0 saturated carbocycles. The maximum Gasteiger partial charge on any atom is 0.0178 e. The van der Waals surface area contributed by atoms with Gasteiger partial charge in [-0.25, -0.2) is 0 Å². The van der Waals surface area contributed by atoms with Gasteiger partial charge >= 0.3 is 0 Å². The van der Waals surface area contributed by atoms with E-state index in [4.69, 9.17) is 10.5 Å². The third kappa shape index (κ3) is 2.03. The van der Waals surface area contributed by atoms with E-state index >= 15 is 0 Å². The molecular weight excluding hydrogens is 160 g/mol. The Kier molecular flexibility index (Phi) is 2.62. The van der Waals surface area contributed by atoms with Gasteiger partial charge in [0, 0.05) is 6.54 Å². The van der Waals surface area contributed by atoms with E-state index < -0.39 is 10.6 Å². The molecular formula is C7H9N2OS-. The van der Waals surface area contributed by atoms with Crippen LogP contribution in [0.15, 0.2) is 29.2 Å². The molecule has 1 aromatic carbocycles. The number of hydrogen-bond donors (Lipinski definition) is 2. The molecule has 0 aliphatic rings. The van der Waals surface area contributed by atoms with Crippen molar-refractivity contribution in [2.75, 3.05) is 0 Å². The maximum absolute atomic E-state index is 10.6. The smallest absolute Gasteiger partial charge is 0.0178 e. The quantitative estimate of drug-likeness (QED) is 0.654. The van der Waals surface area contributed by atoms with Crippen LogP contribution in [0.1, 0.15) is 5.56 Å². The van der Waals surface area contributed by atoms with Crippen LogP contribution >= 0.6 is 0 Å². The predicted molar refractivity (Wildman–Crippen MR) is 43.4 cm³/mol. The summed E-state index contributed by atoms with van der Waals surface area (Å²) in [5.41, 5.74) is 6.34. The second-order valence-electron chi connectivity index (χ2n) is 2.12. The van der Waals surface area contributed by atoms with Crippen LogP contribution in [0.5, 0.6) is 0 Å². The van der Waals surface area contributed by atoms with E-state index in [9.17, 15) is 4.21 Å². The average Bonchev–Trinajstić information content (AvgIpc) is 2.05. The first-order valence-electron chi connectivity index (χ1n) is 3.16. The van der Waals surface area contributed by atoms with Crippen LogP contribution in [0, 0.1) is 4.78 Å². The third-order valence-corrected chi connectivity index (χ3v) is 2.07. The van der Waals surface area contributed by atoms with Gasteiger partial charge in [0.25, 0.3) is 0 Å².